The lowest BCUT2D eigenvalue weighted by molar-refractivity contribution is -0.143. The molecular formula is C39H36N2O8S. The summed E-state index contributed by atoms with van der Waals surface area (Å²) in [7, 11) is 1.28. The van der Waals surface area contributed by atoms with Gasteiger partial charge in [-0.3, -0.25) is 9.36 Å². The minimum Gasteiger partial charge on any atom is -0.490 e. The first-order chi connectivity index (χ1) is 24.3. The second-order valence-electron chi connectivity index (χ2n) is 11.3. The Kier molecular flexibility index (Phi) is 10.4. The van der Waals surface area contributed by atoms with Crippen LogP contribution in [0, 0.1) is 0 Å². The molecule has 11 heteroatoms. The van der Waals surface area contributed by atoms with E-state index in [1.165, 1.54) is 23.0 Å². The lowest BCUT2D eigenvalue weighted by atomic mass is 9.95. The maximum absolute atomic E-state index is 14.2. The van der Waals surface area contributed by atoms with Gasteiger partial charge in [0.2, 0.25) is 0 Å². The molecule has 0 radical (unpaired) electrons. The molecule has 256 valence electrons. The number of rotatable bonds is 12. The Hall–Kier alpha value is -5.68. The summed E-state index contributed by atoms with van der Waals surface area (Å²) in [6.45, 7) is 5.80. The molecule has 5 aromatic rings. The topological polar surface area (TPSA) is 115 Å². The summed E-state index contributed by atoms with van der Waals surface area (Å²) in [4.78, 5) is 44.5. The van der Waals surface area contributed by atoms with Crippen LogP contribution in [0.5, 0.6) is 17.2 Å². The third-order valence-corrected chi connectivity index (χ3v) is 9.09. The largest absolute Gasteiger partial charge is 0.490 e. The first-order valence-electron chi connectivity index (χ1n) is 16.2. The third kappa shape index (κ3) is 7.18. The fraction of sp³-hybridized carbons (Fsp3) is 0.231. The summed E-state index contributed by atoms with van der Waals surface area (Å²) in [5.74, 6) is 0.195. The van der Waals surface area contributed by atoms with Crippen LogP contribution in [0.2, 0.25) is 0 Å². The number of aromatic nitrogens is 1. The van der Waals surface area contributed by atoms with Crippen molar-refractivity contribution in [3.63, 3.8) is 0 Å². The molecule has 0 unspecified atom stereocenters. The van der Waals surface area contributed by atoms with E-state index in [9.17, 15) is 14.4 Å². The fourth-order valence-corrected chi connectivity index (χ4v) is 6.86. The highest BCUT2D eigenvalue weighted by Gasteiger charge is 2.34. The Morgan fingerprint density at radius 3 is 2.50 bits per heavy atom. The minimum absolute atomic E-state index is 0.149. The number of carbonyl (C=O) groups excluding carboxylic acids is 2. The van der Waals surface area contributed by atoms with Crippen LogP contribution in [0.4, 0.5) is 0 Å². The van der Waals surface area contributed by atoms with Gasteiger partial charge in [0.05, 0.1) is 42.2 Å². The van der Waals surface area contributed by atoms with Crippen molar-refractivity contribution in [1.29, 1.82) is 0 Å². The maximum atomic E-state index is 14.2. The minimum atomic E-state index is -0.864. The van der Waals surface area contributed by atoms with Gasteiger partial charge in [-0.2, -0.15) is 0 Å². The monoisotopic (exact) mass is 692 g/mol. The molecule has 50 heavy (non-hydrogen) atoms. The molecule has 1 aromatic heterocycles. The van der Waals surface area contributed by atoms with E-state index in [-0.39, 0.29) is 24.3 Å². The van der Waals surface area contributed by atoms with Crippen molar-refractivity contribution in [3.8, 4) is 17.2 Å². The molecule has 1 aliphatic heterocycles. The second kappa shape index (κ2) is 15.3. The lowest BCUT2D eigenvalue weighted by Crippen LogP contribution is -2.40. The average molecular weight is 693 g/mol. The maximum Gasteiger partial charge on any atom is 0.343 e. The van der Waals surface area contributed by atoms with Gasteiger partial charge in [-0.25, -0.2) is 14.6 Å². The quantitative estimate of drug-likeness (QED) is 0.158. The zero-order valence-corrected chi connectivity index (χ0v) is 29.0. The molecule has 1 atom stereocenters. The molecular weight excluding hydrogens is 657 g/mol. The van der Waals surface area contributed by atoms with Gasteiger partial charge in [0.25, 0.3) is 5.56 Å². The molecule has 2 heterocycles. The van der Waals surface area contributed by atoms with Crippen LogP contribution >= 0.6 is 11.3 Å². The summed E-state index contributed by atoms with van der Waals surface area (Å²) >= 11 is 1.23. The summed E-state index contributed by atoms with van der Waals surface area (Å²) in [6.07, 6.45) is 1.80. The number of hydrogen-bond donors (Lipinski definition) is 0. The van der Waals surface area contributed by atoms with Crippen LogP contribution in [0.1, 0.15) is 43.5 Å². The first-order valence-corrected chi connectivity index (χ1v) is 17.0. The number of benzene rings is 4. The smallest absolute Gasteiger partial charge is 0.343 e. The van der Waals surface area contributed by atoms with Crippen LogP contribution in [0.15, 0.2) is 106 Å². The average Bonchev–Trinajstić information content (AvgIpc) is 3.43. The van der Waals surface area contributed by atoms with Crippen LogP contribution in [-0.4, -0.2) is 43.4 Å². The molecule has 0 fully saturated rings. The number of fused-ring (bicyclic) bond motifs is 2. The van der Waals surface area contributed by atoms with Crippen LogP contribution in [0.25, 0.3) is 16.8 Å². The zero-order chi connectivity index (χ0) is 35.2. The van der Waals surface area contributed by atoms with Crippen molar-refractivity contribution in [2.45, 2.75) is 33.4 Å². The van der Waals surface area contributed by atoms with Crippen LogP contribution in [-0.2, 0) is 25.7 Å². The van der Waals surface area contributed by atoms with Gasteiger partial charge in [0.1, 0.15) is 12.4 Å². The van der Waals surface area contributed by atoms with E-state index >= 15 is 0 Å². The molecule has 0 bridgehead atoms. The van der Waals surface area contributed by atoms with Gasteiger partial charge in [-0.05, 0) is 78.6 Å². The molecule has 0 spiro atoms. The van der Waals surface area contributed by atoms with Crippen molar-refractivity contribution < 1.29 is 33.3 Å². The van der Waals surface area contributed by atoms with Crippen LogP contribution in [0.3, 0.4) is 0 Å². The molecule has 0 N–H and O–H groups in total. The molecule has 0 aliphatic carbocycles. The number of ether oxygens (including phenoxy) is 5. The van der Waals surface area contributed by atoms with Gasteiger partial charge in [0.15, 0.2) is 22.9 Å². The predicted molar refractivity (Wildman–Crippen MR) is 190 cm³/mol. The zero-order valence-electron chi connectivity index (χ0n) is 28.1. The second-order valence-corrected chi connectivity index (χ2v) is 12.3. The Morgan fingerprint density at radius 1 is 0.900 bits per heavy atom. The molecule has 10 nitrogen and oxygen atoms in total. The number of allylic oxidation sites excluding steroid dienone is 1. The van der Waals surface area contributed by atoms with E-state index in [0.717, 1.165) is 21.9 Å². The highest BCUT2D eigenvalue weighted by molar-refractivity contribution is 7.07. The van der Waals surface area contributed by atoms with Crippen LogP contribution < -0.4 is 29.1 Å². The summed E-state index contributed by atoms with van der Waals surface area (Å²) in [6, 6.07) is 26.1. The number of nitrogens with zero attached hydrogens (tertiary/aromatic N) is 2. The first kappa shape index (κ1) is 34.2. The van der Waals surface area contributed by atoms with E-state index in [1.54, 1.807) is 38.1 Å². The Labute approximate surface area is 292 Å². The third-order valence-electron chi connectivity index (χ3n) is 8.10. The molecule has 0 saturated carbocycles. The van der Waals surface area contributed by atoms with Crippen molar-refractivity contribution in [1.82, 2.24) is 4.57 Å². The Bertz CT molecular complexity index is 2280. The highest BCUT2D eigenvalue weighted by atomic mass is 32.1. The van der Waals surface area contributed by atoms with Gasteiger partial charge < -0.3 is 23.7 Å². The van der Waals surface area contributed by atoms with Gasteiger partial charge in [0, 0.05) is 0 Å². The van der Waals surface area contributed by atoms with Gasteiger partial charge in [-0.15, -0.1) is 0 Å². The molecule has 4 aromatic carbocycles. The number of carbonyl (C=O) groups is 2. The fourth-order valence-electron chi connectivity index (χ4n) is 5.81. The van der Waals surface area contributed by atoms with E-state index in [1.807, 2.05) is 49.4 Å². The SMILES string of the molecule is CCOC(=O)C1=C(C)N=c2s/c(=C/c3cccc(OCc4cccc5ccccc45)c3)c(=O)n2[C@H]1c1ccc(OCC(=O)OC)c(OCC)c1. The van der Waals surface area contributed by atoms with E-state index in [0.29, 0.717) is 51.1 Å². The van der Waals surface area contributed by atoms with E-state index in [2.05, 4.69) is 29.3 Å². The van der Waals surface area contributed by atoms with Crippen molar-refractivity contribution in [2.24, 2.45) is 4.99 Å². The summed E-state index contributed by atoms with van der Waals surface area (Å²) < 4.78 is 29.8. The summed E-state index contributed by atoms with van der Waals surface area (Å²) in [5, 5.41) is 2.28. The highest BCUT2D eigenvalue weighted by Crippen LogP contribution is 2.36. The molecule has 6 rings (SSSR count). The van der Waals surface area contributed by atoms with Crippen molar-refractivity contribution >= 4 is 40.1 Å². The van der Waals surface area contributed by atoms with E-state index < -0.39 is 18.0 Å². The molecule has 1 aliphatic rings. The normalized spacial score (nSPS) is 14.2. The predicted octanol–water partition coefficient (Wildman–Crippen LogP) is 5.48. The Balaban J connectivity index is 1.37. The van der Waals surface area contributed by atoms with Crippen molar-refractivity contribution in [3.05, 3.63) is 133 Å². The number of methoxy groups -OCH3 is 1. The number of thiazole rings is 1. The number of esters is 2. The van der Waals surface area contributed by atoms with Gasteiger partial charge >= 0.3 is 11.9 Å². The van der Waals surface area contributed by atoms with Crippen molar-refractivity contribution in [2.75, 3.05) is 26.9 Å². The lowest BCUT2D eigenvalue weighted by Gasteiger charge is -2.25. The molecule has 0 amide bonds. The molecule has 0 saturated heterocycles. The van der Waals surface area contributed by atoms with E-state index in [4.69, 9.17) is 23.7 Å². The standard InChI is InChI=1S/C39H36N2O8S/c1-5-46-32-21-27(17-18-31(32)49-23-34(42)45-4)36-35(38(44)47-6-2)24(3)40-39-41(36)37(43)33(50-39)20-25-11-9-15-29(19-25)48-22-28-14-10-13-26-12-7-8-16-30(26)28/h7-21,36H,5-6,22-23H2,1-4H3/b33-20+/t36-/m0/s1. The van der Waals surface area contributed by atoms with Gasteiger partial charge in [-0.1, -0.05) is 72.0 Å². The number of hydrogen-bond acceptors (Lipinski definition) is 10. The summed E-state index contributed by atoms with van der Waals surface area (Å²) in [5.41, 5.74) is 2.78. The Morgan fingerprint density at radius 2 is 1.70 bits per heavy atom.